The number of pyridine rings is 1. The Kier molecular flexibility index (Phi) is 6.21. The molecule has 228 valence electrons. The average Bonchev–Trinajstić information content (AvgIpc) is 3.63. The molecule has 5 aromatic carbocycles. The van der Waals surface area contributed by atoms with Gasteiger partial charge in [0.1, 0.15) is 11.5 Å². The molecule has 1 aliphatic heterocycles. The average molecular weight is 631 g/mol. The van der Waals surface area contributed by atoms with E-state index in [1.54, 1.807) is 0 Å². The molecule has 4 heterocycles. The topological polar surface area (TPSA) is 35.6 Å². The van der Waals surface area contributed by atoms with Gasteiger partial charge in [-0.15, -0.1) is 0 Å². The van der Waals surface area contributed by atoms with Crippen LogP contribution in [0.2, 0.25) is 0 Å². The van der Waals surface area contributed by atoms with Crippen molar-refractivity contribution >= 4 is 44.7 Å². The van der Waals surface area contributed by atoms with Gasteiger partial charge in [0.2, 0.25) is 0 Å². The molecule has 6 heteroatoms. The minimum Gasteiger partial charge on any atom is -0.327 e. The first-order chi connectivity index (χ1) is 22.9. The Balaban J connectivity index is 1.16. The molecule has 1 unspecified atom stereocenters. The van der Waals surface area contributed by atoms with E-state index in [2.05, 4.69) is 71.5 Å². The third-order valence-electron chi connectivity index (χ3n) is 9.74. The van der Waals surface area contributed by atoms with E-state index in [0.717, 1.165) is 44.7 Å². The molecule has 47 heavy (non-hydrogen) atoms. The van der Waals surface area contributed by atoms with Crippen LogP contribution in [-0.4, -0.2) is 19.1 Å². The van der Waals surface area contributed by atoms with Gasteiger partial charge in [0.15, 0.2) is 6.17 Å². The normalized spacial score (nSPS) is 14.4. The van der Waals surface area contributed by atoms with Crippen molar-refractivity contribution in [3.8, 4) is 17.1 Å². The van der Waals surface area contributed by atoms with E-state index in [4.69, 9.17) is 9.97 Å². The van der Waals surface area contributed by atoms with Crippen LogP contribution in [0.15, 0.2) is 137 Å². The van der Waals surface area contributed by atoms with Gasteiger partial charge in [-0.05, 0) is 76.9 Å². The summed E-state index contributed by atoms with van der Waals surface area (Å²) in [4.78, 5) is 12.3. The molecule has 0 N–H and O–H groups in total. The van der Waals surface area contributed by atoms with Crippen LogP contribution in [0.25, 0.3) is 50.0 Å². The SMILES string of the molecule is Cn1c(-c2cccc(C(F)c3cccc(-n4c5ccc6c(c5c5cccnc54)Sc4ccccc4C6(C)C)c3)c2)nc2ccccc21. The summed E-state index contributed by atoms with van der Waals surface area (Å²) in [7, 11) is 2.00. The molecule has 0 amide bonds. The smallest absolute Gasteiger partial charge is 0.150 e. The Bertz CT molecular complexity index is 2520. The van der Waals surface area contributed by atoms with E-state index in [1.165, 1.54) is 26.3 Å². The summed E-state index contributed by atoms with van der Waals surface area (Å²) in [5, 5.41) is 2.29. The second kappa shape index (κ2) is 10.4. The molecular weight excluding hydrogens is 600 g/mol. The third-order valence-corrected chi connectivity index (χ3v) is 10.9. The second-order valence-corrected chi connectivity index (χ2v) is 13.9. The summed E-state index contributed by atoms with van der Waals surface area (Å²) in [6.45, 7) is 4.62. The molecule has 1 aliphatic rings. The second-order valence-electron chi connectivity index (χ2n) is 12.8. The monoisotopic (exact) mass is 630 g/mol. The van der Waals surface area contributed by atoms with Crippen molar-refractivity contribution in [1.29, 1.82) is 0 Å². The number of benzene rings is 5. The van der Waals surface area contributed by atoms with Crippen molar-refractivity contribution in [3.63, 3.8) is 0 Å². The molecule has 4 nitrogen and oxygen atoms in total. The summed E-state index contributed by atoms with van der Waals surface area (Å²) in [6, 6.07) is 40.9. The van der Waals surface area contributed by atoms with Crippen LogP contribution in [0.5, 0.6) is 0 Å². The fourth-order valence-electron chi connectivity index (χ4n) is 7.34. The fraction of sp³-hybridized carbons (Fsp3) is 0.122. The number of fused-ring (bicyclic) bond motifs is 7. The molecule has 9 rings (SSSR count). The van der Waals surface area contributed by atoms with Gasteiger partial charge in [-0.2, -0.15) is 0 Å². The van der Waals surface area contributed by atoms with Gasteiger partial charge >= 0.3 is 0 Å². The van der Waals surface area contributed by atoms with Crippen LogP contribution in [0.4, 0.5) is 4.39 Å². The maximum absolute atomic E-state index is 16.5. The minimum absolute atomic E-state index is 0.139. The highest BCUT2D eigenvalue weighted by Crippen LogP contribution is 2.53. The van der Waals surface area contributed by atoms with Gasteiger partial charge in [-0.1, -0.05) is 92.3 Å². The molecule has 8 aromatic rings. The van der Waals surface area contributed by atoms with Gasteiger partial charge in [0.25, 0.3) is 0 Å². The summed E-state index contributed by atoms with van der Waals surface area (Å²) < 4.78 is 20.8. The van der Waals surface area contributed by atoms with Crippen molar-refractivity contribution in [1.82, 2.24) is 19.1 Å². The number of hydrogen-bond acceptors (Lipinski definition) is 3. The van der Waals surface area contributed by atoms with Gasteiger partial charge < -0.3 is 4.57 Å². The number of rotatable bonds is 4. The predicted molar refractivity (Wildman–Crippen MR) is 190 cm³/mol. The molecule has 1 atom stereocenters. The van der Waals surface area contributed by atoms with Crippen molar-refractivity contribution in [2.24, 2.45) is 7.05 Å². The van der Waals surface area contributed by atoms with Crippen molar-refractivity contribution in [2.45, 2.75) is 35.2 Å². The maximum atomic E-state index is 16.5. The van der Waals surface area contributed by atoms with Gasteiger partial charge in [0, 0.05) is 50.5 Å². The van der Waals surface area contributed by atoms with E-state index in [-0.39, 0.29) is 5.41 Å². The highest BCUT2D eigenvalue weighted by Gasteiger charge is 2.35. The first-order valence-electron chi connectivity index (χ1n) is 15.9. The van der Waals surface area contributed by atoms with E-state index >= 15 is 4.39 Å². The first-order valence-corrected chi connectivity index (χ1v) is 16.7. The van der Waals surface area contributed by atoms with E-state index in [1.807, 2.05) is 97.8 Å². The van der Waals surface area contributed by atoms with Crippen LogP contribution in [0.1, 0.15) is 42.3 Å². The van der Waals surface area contributed by atoms with E-state index < -0.39 is 6.17 Å². The lowest BCUT2D eigenvalue weighted by molar-refractivity contribution is 0.402. The van der Waals surface area contributed by atoms with Gasteiger partial charge in [0.05, 0.1) is 16.6 Å². The van der Waals surface area contributed by atoms with E-state index in [0.29, 0.717) is 11.1 Å². The molecule has 0 spiro atoms. The number of para-hydroxylation sites is 2. The van der Waals surface area contributed by atoms with Crippen molar-refractivity contribution in [3.05, 3.63) is 150 Å². The summed E-state index contributed by atoms with van der Waals surface area (Å²) in [5.74, 6) is 0.817. The predicted octanol–water partition coefficient (Wildman–Crippen LogP) is 10.6. The Morgan fingerprint density at radius 3 is 2.40 bits per heavy atom. The fourth-order valence-corrected chi connectivity index (χ4v) is 8.89. The molecule has 0 radical (unpaired) electrons. The third kappa shape index (κ3) is 4.21. The highest BCUT2D eigenvalue weighted by atomic mass is 32.2. The molecule has 0 aliphatic carbocycles. The van der Waals surface area contributed by atoms with Crippen LogP contribution in [0, 0.1) is 0 Å². The number of aromatic nitrogens is 4. The van der Waals surface area contributed by atoms with Crippen LogP contribution in [0.3, 0.4) is 0 Å². The summed E-state index contributed by atoms with van der Waals surface area (Å²) >= 11 is 1.84. The summed E-state index contributed by atoms with van der Waals surface area (Å²) in [5.41, 5.74) is 9.39. The van der Waals surface area contributed by atoms with E-state index in [9.17, 15) is 0 Å². The Morgan fingerprint density at radius 2 is 1.53 bits per heavy atom. The molecular formula is C41H31FN4S. The quantitative estimate of drug-likeness (QED) is 0.194. The lowest BCUT2D eigenvalue weighted by Gasteiger charge is -2.35. The van der Waals surface area contributed by atoms with Crippen molar-refractivity contribution < 1.29 is 4.39 Å². The Morgan fingerprint density at radius 1 is 0.745 bits per heavy atom. The molecule has 0 saturated heterocycles. The molecule has 0 bridgehead atoms. The lowest BCUT2D eigenvalue weighted by atomic mass is 9.77. The first kappa shape index (κ1) is 28.1. The lowest BCUT2D eigenvalue weighted by Crippen LogP contribution is -2.23. The largest absolute Gasteiger partial charge is 0.327 e. The number of aryl methyl sites for hydroxylation is 1. The Labute approximate surface area is 276 Å². The zero-order valence-corrected chi connectivity index (χ0v) is 27.1. The maximum Gasteiger partial charge on any atom is 0.150 e. The summed E-state index contributed by atoms with van der Waals surface area (Å²) in [6.07, 6.45) is 0.525. The minimum atomic E-state index is -1.31. The van der Waals surface area contributed by atoms with Crippen LogP contribution in [-0.2, 0) is 12.5 Å². The van der Waals surface area contributed by atoms with Crippen molar-refractivity contribution in [2.75, 3.05) is 0 Å². The molecule has 0 saturated carbocycles. The number of nitrogens with zero attached hydrogens (tertiary/aromatic N) is 4. The van der Waals surface area contributed by atoms with Crippen LogP contribution >= 0.6 is 11.8 Å². The zero-order valence-electron chi connectivity index (χ0n) is 26.3. The zero-order chi connectivity index (χ0) is 31.9. The standard InChI is InChI=1S/C41H31FN4S/c1-41(2)30-16-4-7-19-35(30)47-38-31(41)20-21-34-36(38)29-15-10-22-43-40(29)46(34)28-14-9-12-26(24-28)37(42)25-11-8-13-27(23-25)39-44-32-17-5-6-18-33(32)45(39)3/h4-24,37H,1-3H3. The van der Waals surface area contributed by atoms with Gasteiger partial charge in [-0.3, -0.25) is 4.57 Å². The Hall–Kier alpha value is -5.20. The molecule has 3 aromatic heterocycles. The number of alkyl halides is 1. The number of hydrogen-bond donors (Lipinski definition) is 0. The number of imidazole rings is 1. The highest BCUT2D eigenvalue weighted by molar-refractivity contribution is 7.99. The number of halogens is 1. The van der Waals surface area contributed by atoms with Crippen LogP contribution < -0.4 is 0 Å². The molecule has 0 fully saturated rings. The van der Waals surface area contributed by atoms with Gasteiger partial charge in [-0.25, -0.2) is 14.4 Å².